The van der Waals surface area contributed by atoms with Gasteiger partial charge in [-0.25, -0.2) is 0 Å². The Morgan fingerprint density at radius 3 is 1.71 bits per heavy atom. The first-order valence-corrected chi connectivity index (χ1v) is 14.1. The molecule has 0 bridgehead atoms. The van der Waals surface area contributed by atoms with Crippen molar-refractivity contribution >= 4 is 17.8 Å². The number of carbonyl (C=O) groups is 3. The topological polar surface area (TPSA) is 81.7 Å². The summed E-state index contributed by atoms with van der Waals surface area (Å²) in [6.45, 7) is 4.21. The van der Waals surface area contributed by atoms with Gasteiger partial charge in [0.2, 0.25) is 5.91 Å². The average Bonchev–Trinajstić information content (AvgIpc) is 2.83. The molecule has 0 spiro atoms. The molecule has 0 radical (unpaired) electrons. The van der Waals surface area contributed by atoms with Crippen LogP contribution in [0.4, 0.5) is 0 Å². The van der Waals surface area contributed by atoms with Crippen molar-refractivity contribution < 1.29 is 23.9 Å². The van der Waals surface area contributed by atoms with Crippen LogP contribution in [0.5, 0.6) is 0 Å². The van der Waals surface area contributed by atoms with E-state index in [1.165, 1.54) is 90.5 Å². The predicted molar refractivity (Wildman–Crippen MR) is 136 cm³/mol. The van der Waals surface area contributed by atoms with E-state index < -0.39 is 11.9 Å². The molecule has 3 atom stereocenters. The Morgan fingerprint density at radius 2 is 1.29 bits per heavy atom. The molecule has 0 aromatic carbocycles. The van der Waals surface area contributed by atoms with Gasteiger partial charge in [-0.2, -0.15) is 0 Å². The molecule has 1 heterocycles. The minimum Gasteiger partial charge on any atom is -0.461 e. The van der Waals surface area contributed by atoms with Crippen molar-refractivity contribution in [1.29, 1.82) is 0 Å². The zero-order valence-electron chi connectivity index (χ0n) is 22.2. The van der Waals surface area contributed by atoms with Crippen LogP contribution in [0.3, 0.4) is 0 Å². The number of ether oxygens (including phenoxy) is 2. The molecule has 1 aliphatic heterocycles. The van der Waals surface area contributed by atoms with Crippen LogP contribution in [-0.2, 0) is 23.9 Å². The number of hydrogen-bond donors (Lipinski definition) is 1. The lowest BCUT2D eigenvalue weighted by Gasteiger charge is -2.34. The van der Waals surface area contributed by atoms with Crippen molar-refractivity contribution in [1.82, 2.24) is 5.32 Å². The summed E-state index contributed by atoms with van der Waals surface area (Å²) in [5.41, 5.74) is 0. The third kappa shape index (κ3) is 12.8. The van der Waals surface area contributed by atoms with Gasteiger partial charge in [0.15, 0.2) is 0 Å². The van der Waals surface area contributed by atoms with E-state index in [0.29, 0.717) is 12.8 Å². The summed E-state index contributed by atoms with van der Waals surface area (Å²) in [4.78, 5) is 35.9. The standard InChI is InChI=1S/C28H51NO5/c1-4-6-7-8-9-10-11-12-13-14-15-16-17-18-19-20-21-24(26(30)29-3)27(31)33-22-25-23(5-2)28(32)34-25/h23-25H,4-22H2,1-3H3,(H,29,30)/t23-,24-,25+/m0/s1. The van der Waals surface area contributed by atoms with Crippen molar-refractivity contribution in [3.63, 3.8) is 0 Å². The Morgan fingerprint density at radius 1 is 0.824 bits per heavy atom. The molecule has 6 nitrogen and oxygen atoms in total. The van der Waals surface area contributed by atoms with Crippen molar-refractivity contribution in [2.75, 3.05) is 13.7 Å². The maximum atomic E-state index is 12.4. The number of unbranched alkanes of at least 4 members (excludes halogenated alkanes) is 15. The summed E-state index contributed by atoms with van der Waals surface area (Å²) in [7, 11) is 1.54. The molecule has 0 aromatic heterocycles. The van der Waals surface area contributed by atoms with Gasteiger partial charge < -0.3 is 14.8 Å². The zero-order valence-corrected chi connectivity index (χ0v) is 22.2. The molecule has 1 N–H and O–H groups in total. The van der Waals surface area contributed by atoms with Crippen molar-refractivity contribution in [3.8, 4) is 0 Å². The van der Waals surface area contributed by atoms with E-state index >= 15 is 0 Å². The Labute approximate surface area is 208 Å². The second-order valence-corrected chi connectivity index (χ2v) is 9.88. The van der Waals surface area contributed by atoms with E-state index in [-0.39, 0.29) is 30.5 Å². The van der Waals surface area contributed by atoms with Crippen molar-refractivity contribution in [2.24, 2.45) is 11.8 Å². The van der Waals surface area contributed by atoms with E-state index in [9.17, 15) is 14.4 Å². The number of carbonyl (C=O) groups excluding carboxylic acids is 3. The predicted octanol–water partition coefficient (Wildman–Crippen LogP) is 6.50. The van der Waals surface area contributed by atoms with Crippen LogP contribution in [0.15, 0.2) is 0 Å². The minimum atomic E-state index is -0.785. The van der Waals surface area contributed by atoms with Crippen LogP contribution in [0.2, 0.25) is 0 Å². The summed E-state index contributed by atoms with van der Waals surface area (Å²) >= 11 is 0. The average molecular weight is 482 g/mol. The highest BCUT2D eigenvalue weighted by atomic mass is 16.6. The third-order valence-corrected chi connectivity index (χ3v) is 7.04. The van der Waals surface area contributed by atoms with Gasteiger partial charge >= 0.3 is 11.9 Å². The smallest absolute Gasteiger partial charge is 0.318 e. The summed E-state index contributed by atoms with van der Waals surface area (Å²) in [6.07, 6.45) is 21.4. The second-order valence-electron chi connectivity index (χ2n) is 9.88. The summed E-state index contributed by atoms with van der Waals surface area (Å²) in [5.74, 6) is -2.04. The van der Waals surface area contributed by atoms with Gasteiger partial charge in [-0.05, 0) is 12.8 Å². The van der Waals surface area contributed by atoms with E-state index in [4.69, 9.17) is 9.47 Å². The molecular weight excluding hydrogens is 430 g/mol. The molecule has 1 fully saturated rings. The van der Waals surface area contributed by atoms with Crippen LogP contribution in [-0.4, -0.2) is 37.6 Å². The van der Waals surface area contributed by atoms with Gasteiger partial charge in [0.1, 0.15) is 18.6 Å². The number of esters is 2. The maximum absolute atomic E-state index is 12.4. The molecule has 34 heavy (non-hydrogen) atoms. The first kappa shape index (κ1) is 30.4. The molecule has 1 aliphatic rings. The van der Waals surface area contributed by atoms with Crippen molar-refractivity contribution in [3.05, 3.63) is 0 Å². The van der Waals surface area contributed by atoms with Gasteiger partial charge in [-0.15, -0.1) is 0 Å². The summed E-state index contributed by atoms with van der Waals surface area (Å²) < 4.78 is 10.4. The van der Waals surface area contributed by atoms with Crippen LogP contribution in [0.25, 0.3) is 0 Å². The molecule has 0 aliphatic carbocycles. The Balaban J connectivity index is 2.02. The molecular formula is C28H51NO5. The summed E-state index contributed by atoms with van der Waals surface area (Å²) in [6, 6.07) is 0. The maximum Gasteiger partial charge on any atom is 0.318 e. The van der Waals surface area contributed by atoms with E-state index in [1.54, 1.807) is 0 Å². The fourth-order valence-electron chi connectivity index (χ4n) is 4.67. The first-order chi connectivity index (χ1) is 16.5. The van der Waals surface area contributed by atoms with Gasteiger partial charge in [-0.1, -0.05) is 117 Å². The van der Waals surface area contributed by atoms with E-state index in [0.717, 1.165) is 19.3 Å². The highest BCUT2D eigenvalue weighted by molar-refractivity contribution is 5.97. The number of amides is 1. The highest BCUT2D eigenvalue weighted by Gasteiger charge is 2.42. The lowest BCUT2D eigenvalue weighted by atomic mass is 9.94. The second kappa shape index (κ2) is 19.7. The SMILES string of the molecule is CCCCCCCCCCCCCCCCCC[C@@H](C(=O)NC)C(=O)OC[C@H]1OC(=O)[C@H]1CC. The Kier molecular flexibility index (Phi) is 17.6. The number of cyclic esters (lactones) is 1. The lowest BCUT2D eigenvalue weighted by Crippen LogP contribution is -2.48. The third-order valence-electron chi connectivity index (χ3n) is 7.04. The number of nitrogens with one attached hydrogen (secondary N) is 1. The molecule has 0 unspecified atom stereocenters. The van der Waals surface area contributed by atoms with Gasteiger partial charge in [-0.3, -0.25) is 14.4 Å². The number of rotatable bonds is 22. The van der Waals surface area contributed by atoms with Crippen molar-refractivity contribution in [2.45, 2.75) is 136 Å². The normalized spacial score (nSPS) is 18.1. The Bertz CT molecular complexity index is 565. The molecule has 1 saturated heterocycles. The first-order valence-electron chi connectivity index (χ1n) is 14.1. The largest absolute Gasteiger partial charge is 0.461 e. The van der Waals surface area contributed by atoms with Gasteiger partial charge in [0.05, 0.1) is 5.92 Å². The highest BCUT2D eigenvalue weighted by Crippen LogP contribution is 2.26. The van der Waals surface area contributed by atoms with Crippen LogP contribution < -0.4 is 5.32 Å². The van der Waals surface area contributed by atoms with Crippen LogP contribution in [0.1, 0.15) is 129 Å². The van der Waals surface area contributed by atoms with Crippen LogP contribution >= 0.6 is 0 Å². The van der Waals surface area contributed by atoms with Crippen LogP contribution in [0, 0.1) is 11.8 Å². The van der Waals surface area contributed by atoms with E-state index in [2.05, 4.69) is 12.2 Å². The number of hydrogen-bond acceptors (Lipinski definition) is 5. The fourth-order valence-corrected chi connectivity index (χ4v) is 4.67. The summed E-state index contributed by atoms with van der Waals surface area (Å²) in [5, 5.41) is 2.57. The van der Waals surface area contributed by atoms with E-state index in [1.807, 2.05) is 6.92 Å². The lowest BCUT2D eigenvalue weighted by molar-refractivity contribution is -0.194. The molecule has 1 amide bonds. The minimum absolute atomic E-state index is 0.0372. The Hall–Kier alpha value is -1.59. The molecule has 198 valence electrons. The fraction of sp³-hybridized carbons (Fsp3) is 0.893. The molecule has 0 aromatic rings. The monoisotopic (exact) mass is 481 g/mol. The quantitative estimate of drug-likeness (QED) is 0.108. The van der Waals surface area contributed by atoms with Gasteiger partial charge in [0, 0.05) is 7.05 Å². The zero-order chi connectivity index (χ0) is 25.0. The molecule has 1 rings (SSSR count). The molecule has 6 heteroatoms. The van der Waals surface area contributed by atoms with Gasteiger partial charge in [0.25, 0.3) is 0 Å². The molecule has 0 saturated carbocycles.